The number of para-hydroxylation sites is 2. The van der Waals surface area contributed by atoms with Gasteiger partial charge in [0.15, 0.2) is 0 Å². The second-order valence-electron chi connectivity index (χ2n) is 7.40. The lowest BCUT2D eigenvalue weighted by atomic mass is 9.93. The van der Waals surface area contributed by atoms with Crippen molar-refractivity contribution in [1.29, 1.82) is 0 Å². The molecule has 1 aliphatic rings. The molecule has 3 rings (SSSR count). The quantitative estimate of drug-likeness (QED) is 0.639. The molecule has 8 heteroatoms. The van der Waals surface area contributed by atoms with Crippen LogP contribution in [-0.4, -0.2) is 21.9 Å². The van der Waals surface area contributed by atoms with Crippen LogP contribution in [0.25, 0.3) is 0 Å². The van der Waals surface area contributed by atoms with Crippen molar-refractivity contribution in [1.82, 2.24) is 9.36 Å². The molecule has 0 unspecified atom stereocenters. The van der Waals surface area contributed by atoms with Crippen LogP contribution in [0.15, 0.2) is 24.3 Å². The first-order valence-corrected chi connectivity index (χ1v) is 10.2. The summed E-state index contributed by atoms with van der Waals surface area (Å²) in [4.78, 5) is 6.02. The first-order chi connectivity index (χ1) is 12.8. The van der Waals surface area contributed by atoms with Crippen LogP contribution in [0.2, 0.25) is 0 Å². The van der Waals surface area contributed by atoms with Crippen molar-refractivity contribution in [3.05, 3.63) is 30.1 Å². The van der Waals surface area contributed by atoms with Crippen molar-refractivity contribution in [2.75, 3.05) is 16.8 Å². The minimum absolute atomic E-state index is 0.155. The third kappa shape index (κ3) is 5.12. The van der Waals surface area contributed by atoms with Gasteiger partial charge < -0.3 is 10.2 Å². The molecule has 1 fully saturated rings. The molecule has 1 N–H and O–H groups in total. The van der Waals surface area contributed by atoms with E-state index in [-0.39, 0.29) is 5.13 Å². The number of nitrogens with zero attached hydrogens (tertiary/aromatic N) is 3. The van der Waals surface area contributed by atoms with Crippen molar-refractivity contribution in [3.63, 3.8) is 0 Å². The Balaban J connectivity index is 1.87. The largest absolute Gasteiger partial charge is 0.452 e. The summed E-state index contributed by atoms with van der Waals surface area (Å²) in [6.07, 6.45) is 1.50. The van der Waals surface area contributed by atoms with Crippen LogP contribution in [-0.2, 0) is 6.18 Å². The molecule has 2 aromatic rings. The van der Waals surface area contributed by atoms with E-state index in [1.807, 2.05) is 24.3 Å². The Hall–Kier alpha value is -1.83. The molecule has 1 saturated carbocycles. The highest BCUT2D eigenvalue weighted by molar-refractivity contribution is 7.09. The van der Waals surface area contributed by atoms with Gasteiger partial charge in [0.1, 0.15) is 0 Å². The van der Waals surface area contributed by atoms with Crippen molar-refractivity contribution in [2.24, 2.45) is 5.92 Å². The highest BCUT2D eigenvalue weighted by Gasteiger charge is 2.36. The number of halogens is 3. The fraction of sp³-hybridized carbons (Fsp3) is 0.579. The van der Waals surface area contributed by atoms with E-state index in [1.54, 1.807) is 0 Å². The van der Waals surface area contributed by atoms with Gasteiger partial charge in [-0.2, -0.15) is 22.5 Å². The summed E-state index contributed by atoms with van der Waals surface area (Å²) >= 11 is 0.730. The zero-order valence-electron chi connectivity index (χ0n) is 15.6. The molecular formula is C19H25F3N4S. The molecule has 0 atom stereocenters. The minimum atomic E-state index is -4.53. The van der Waals surface area contributed by atoms with Gasteiger partial charge in [0, 0.05) is 24.1 Å². The van der Waals surface area contributed by atoms with Gasteiger partial charge in [-0.3, -0.25) is 0 Å². The summed E-state index contributed by atoms with van der Waals surface area (Å²) < 4.78 is 41.8. The van der Waals surface area contributed by atoms with Gasteiger partial charge in [-0.1, -0.05) is 45.2 Å². The maximum absolute atomic E-state index is 12.8. The molecule has 27 heavy (non-hydrogen) atoms. The maximum atomic E-state index is 12.8. The van der Waals surface area contributed by atoms with E-state index < -0.39 is 12.0 Å². The van der Waals surface area contributed by atoms with Crippen LogP contribution >= 0.6 is 11.5 Å². The number of rotatable bonds is 6. The Morgan fingerprint density at radius 2 is 1.89 bits per heavy atom. The summed E-state index contributed by atoms with van der Waals surface area (Å²) in [6.45, 7) is 5.28. The number of hydrogen-bond acceptors (Lipinski definition) is 5. The third-order valence-electron chi connectivity index (χ3n) is 4.71. The van der Waals surface area contributed by atoms with Gasteiger partial charge in [0.25, 0.3) is 0 Å². The van der Waals surface area contributed by atoms with E-state index in [0.29, 0.717) is 12.0 Å². The normalized spacial score (nSPS) is 15.9. The lowest BCUT2D eigenvalue weighted by molar-refractivity contribution is -0.144. The Labute approximate surface area is 162 Å². The molecule has 1 aromatic heterocycles. The maximum Gasteiger partial charge on any atom is 0.452 e. The summed E-state index contributed by atoms with van der Waals surface area (Å²) in [6, 6.07) is 8.24. The zero-order chi connectivity index (χ0) is 19.4. The van der Waals surface area contributed by atoms with Crippen LogP contribution < -0.4 is 10.2 Å². The topological polar surface area (TPSA) is 41.0 Å². The summed E-state index contributed by atoms with van der Waals surface area (Å²) in [7, 11) is 0. The Morgan fingerprint density at radius 1 is 1.19 bits per heavy atom. The number of hydrogen-bond donors (Lipinski definition) is 1. The van der Waals surface area contributed by atoms with E-state index >= 15 is 0 Å². The highest BCUT2D eigenvalue weighted by atomic mass is 32.1. The summed E-state index contributed by atoms with van der Waals surface area (Å²) in [5.74, 6) is -0.614. The van der Waals surface area contributed by atoms with Crippen molar-refractivity contribution >= 4 is 28.0 Å². The molecular weight excluding hydrogens is 373 g/mol. The molecule has 0 amide bonds. The predicted octanol–water partition coefficient (Wildman–Crippen LogP) is 6.10. The van der Waals surface area contributed by atoms with Crippen molar-refractivity contribution in [2.45, 2.75) is 58.2 Å². The van der Waals surface area contributed by atoms with Gasteiger partial charge in [-0.05, 0) is 30.9 Å². The predicted molar refractivity (Wildman–Crippen MR) is 104 cm³/mol. The Morgan fingerprint density at radius 3 is 2.52 bits per heavy atom. The van der Waals surface area contributed by atoms with E-state index in [4.69, 9.17) is 0 Å². The molecule has 4 nitrogen and oxygen atoms in total. The van der Waals surface area contributed by atoms with Crippen molar-refractivity contribution < 1.29 is 13.2 Å². The van der Waals surface area contributed by atoms with Gasteiger partial charge in [-0.15, -0.1) is 0 Å². The van der Waals surface area contributed by atoms with Crippen LogP contribution in [0.1, 0.15) is 51.8 Å². The zero-order valence-corrected chi connectivity index (χ0v) is 16.4. The van der Waals surface area contributed by atoms with Crippen LogP contribution in [0.3, 0.4) is 0 Å². The molecule has 0 saturated heterocycles. The molecule has 1 aromatic carbocycles. The SMILES string of the molecule is CC(C)CN(c1ccccc1Nc1nc(C(F)(F)F)ns1)C1CCCCC1. The fourth-order valence-corrected chi connectivity index (χ4v) is 4.16. The third-order valence-corrected chi connectivity index (χ3v) is 5.34. The molecule has 0 aliphatic heterocycles. The number of nitrogens with one attached hydrogen (secondary N) is 1. The smallest absolute Gasteiger partial charge is 0.367 e. The monoisotopic (exact) mass is 398 g/mol. The summed E-state index contributed by atoms with van der Waals surface area (Å²) in [5, 5.41) is 3.22. The first kappa shape index (κ1) is 19.9. The Kier molecular flexibility index (Phi) is 6.24. The van der Waals surface area contributed by atoms with E-state index in [0.717, 1.165) is 42.3 Å². The molecule has 0 radical (unpaired) electrons. The number of aromatic nitrogens is 2. The van der Waals surface area contributed by atoms with Gasteiger partial charge in [0.2, 0.25) is 11.0 Å². The molecule has 0 spiro atoms. The van der Waals surface area contributed by atoms with Crippen molar-refractivity contribution in [3.8, 4) is 0 Å². The van der Waals surface area contributed by atoms with Crippen LogP contribution in [0, 0.1) is 5.92 Å². The van der Waals surface area contributed by atoms with Gasteiger partial charge in [-0.25, -0.2) is 0 Å². The average molecular weight is 398 g/mol. The fourth-order valence-electron chi connectivity index (χ4n) is 3.56. The summed E-state index contributed by atoms with van der Waals surface area (Å²) in [5.41, 5.74) is 1.79. The van der Waals surface area contributed by atoms with Crippen LogP contribution in [0.5, 0.6) is 0 Å². The lowest BCUT2D eigenvalue weighted by Gasteiger charge is -2.38. The minimum Gasteiger partial charge on any atom is -0.367 e. The van der Waals surface area contributed by atoms with E-state index in [2.05, 4.69) is 33.4 Å². The lowest BCUT2D eigenvalue weighted by Crippen LogP contribution is -2.39. The molecule has 1 aliphatic carbocycles. The van der Waals surface area contributed by atoms with Crippen LogP contribution in [0.4, 0.5) is 29.7 Å². The standard InChI is InChI=1S/C19H25F3N4S/c1-13(2)12-26(14-8-4-3-5-9-14)16-11-7-6-10-15(16)23-18-24-17(25-27-18)19(20,21)22/h6-7,10-11,13-14H,3-5,8-9,12H2,1-2H3,(H,23,24,25). The van der Waals surface area contributed by atoms with Gasteiger partial charge in [0.05, 0.1) is 11.4 Å². The average Bonchev–Trinajstić information content (AvgIpc) is 3.10. The van der Waals surface area contributed by atoms with Gasteiger partial charge >= 0.3 is 6.18 Å². The number of benzene rings is 1. The molecule has 1 heterocycles. The van der Waals surface area contributed by atoms with E-state index in [1.165, 1.54) is 19.3 Å². The second kappa shape index (κ2) is 8.46. The molecule has 0 bridgehead atoms. The number of alkyl halides is 3. The second-order valence-corrected chi connectivity index (χ2v) is 8.15. The first-order valence-electron chi connectivity index (χ1n) is 9.38. The number of anilines is 3. The van der Waals surface area contributed by atoms with E-state index in [9.17, 15) is 13.2 Å². The molecule has 148 valence electrons. The Bertz CT molecular complexity index is 739. The highest BCUT2D eigenvalue weighted by Crippen LogP contribution is 2.36.